The Kier molecular flexibility index (Phi) is 6.89. The van der Waals surface area contributed by atoms with Crippen molar-refractivity contribution in [3.63, 3.8) is 0 Å². The molecule has 1 aliphatic heterocycles. The van der Waals surface area contributed by atoms with E-state index in [-0.39, 0.29) is 23.4 Å². The van der Waals surface area contributed by atoms with Crippen molar-refractivity contribution in [2.75, 3.05) is 27.2 Å². The number of carbonyl (C=O) groups excluding carboxylic acids is 2. The molecule has 164 valence electrons. The fourth-order valence-corrected chi connectivity index (χ4v) is 4.27. The van der Waals surface area contributed by atoms with Crippen molar-refractivity contribution in [1.29, 1.82) is 0 Å². The summed E-state index contributed by atoms with van der Waals surface area (Å²) in [7, 11) is 3.44. The number of primary amides is 1. The summed E-state index contributed by atoms with van der Waals surface area (Å²) in [5.41, 5.74) is 8.11. The molecule has 1 fully saturated rings. The van der Waals surface area contributed by atoms with Gasteiger partial charge in [0.15, 0.2) is 0 Å². The van der Waals surface area contributed by atoms with Crippen LogP contribution in [0.2, 0.25) is 0 Å². The number of piperidine rings is 1. The van der Waals surface area contributed by atoms with Crippen molar-refractivity contribution in [1.82, 2.24) is 14.8 Å². The minimum absolute atomic E-state index is 0.0454. The highest BCUT2D eigenvalue weighted by Crippen LogP contribution is 2.36. The van der Waals surface area contributed by atoms with E-state index in [4.69, 9.17) is 5.73 Å². The summed E-state index contributed by atoms with van der Waals surface area (Å²) < 4.78 is 0. The predicted octanol–water partition coefficient (Wildman–Crippen LogP) is 2.60. The van der Waals surface area contributed by atoms with Crippen LogP contribution in [0.5, 0.6) is 0 Å². The van der Waals surface area contributed by atoms with E-state index in [2.05, 4.69) is 4.98 Å². The Labute approximate surface area is 181 Å². The first-order chi connectivity index (χ1) is 14.8. The van der Waals surface area contributed by atoms with Crippen LogP contribution in [-0.4, -0.2) is 65.0 Å². The molecule has 3 rings (SSSR count). The minimum Gasteiger partial charge on any atom is -0.465 e. The van der Waals surface area contributed by atoms with Gasteiger partial charge in [0.25, 0.3) is 11.8 Å². The highest BCUT2D eigenvalue weighted by molar-refractivity contribution is 5.94. The third-order valence-electron chi connectivity index (χ3n) is 5.88. The first-order valence-corrected chi connectivity index (χ1v) is 10.3. The molecule has 8 nitrogen and oxygen atoms in total. The molecule has 3 N–H and O–H groups in total. The number of hydrogen-bond donors (Lipinski definition) is 2. The second-order valence-electron chi connectivity index (χ2n) is 8.13. The van der Waals surface area contributed by atoms with Gasteiger partial charge in [-0.3, -0.25) is 14.6 Å². The normalized spacial score (nSPS) is 18.5. The van der Waals surface area contributed by atoms with Gasteiger partial charge in [-0.25, -0.2) is 4.79 Å². The molecule has 0 radical (unpaired) electrons. The van der Waals surface area contributed by atoms with Crippen LogP contribution in [0, 0.1) is 5.92 Å². The number of pyridine rings is 1. The van der Waals surface area contributed by atoms with E-state index in [1.807, 2.05) is 24.3 Å². The third kappa shape index (κ3) is 5.20. The number of amides is 3. The van der Waals surface area contributed by atoms with E-state index in [0.29, 0.717) is 30.6 Å². The lowest BCUT2D eigenvalue weighted by molar-refractivity contribution is 0.0827. The average molecular weight is 425 g/mol. The molecule has 1 aliphatic rings. The number of nitrogens with zero attached hydrogens (tertiary/aromatic N) is 3. The van der Waals surface area contributed by atoms with Gasteiger partial charge < -0.3 is 20.6 Å². The zero-order chi connectivity index (χ0) is 22.5. The van der Waals surface area contributed by atoms with E-state index in [0.717, 1.165) is 18.4 Å². The maximum absolute atomic E-state index is 12.3. The number of likely N-dealkylation sites (tertiary alicyclic amines) is 1. The summed E-state index contributed by atoms with van der Waals surface area (Å²) in [4.78, 5) is 42.8. The van der Waals surface area contributed by atoms with E-state index < -0.39 is 12.0 Å². The summed E-state index contributed by atoms with van der Waals surface area (Å²) in [5.74, 6) is -0.675. The molecule has 2 aromatic rings. The number of hydrogen-bond acceptors (Lipinski definition) is 4. The number of carboxylic acid groups (broad SMARTS) is 1. The number of aryl methyl sites for hydroxylation is 1. The van der Waals surface area contributed by atoms with Crippen LogP contribution in [0.25, 0.3) is 0 Å². The fourth-order valence-electron chi connectivity index (χ4n) is 4.27. The van der Waals surface area contributed by atoms with Crippen molar-refractivity contribution >= 4 is 17.9 Å². The zero-order valence-corrected chi connectivity index (χ0v) is 17.8. The first kappa shape index (κ1) is 22.3. The summed E-state index contributed by atoms with van der Waals surface area (Å²) in [6.07, 6.45) is 2.77. The molecule has 0 saturated carbocycles. The van der Waals surface area contributed by atoms with Gasteiger partial charge in [0.05, 0.1) is 0 Å². The maximum Gasteiger partial charge on any atom is 0.407 e. The van der Waals surface area contributed by atoms with Crippen molar-refractivity contribution in [3.05, 3.63) is 65.0 Å². The predicted molar refractivity (Wildman–Crippen MR) is 116 cm³/mol. The molecule has 0 bridgehead atoms. The highest BCUT2D eigenvalue weighted by atomic mass is 16.4. The second-order valence-corrected chi connectivity index (χ2v) is 8.13. The van der Waals surface area contributed by atoms with Gasteiger partial charge in [-0.1, -0.05) is 18.2 Å². The molecule has 2 unspecified atom stereocenters. The molecule has 1 aromatic carbocycles. The number of rotatable bonds is 6. The Morgan fingerprint density at radius 2 is 2.00 bits per heavy atom. The average Bonchev–Trinajstić information content (AvgIpc) is 2.77. The third-order valence-corrected chi connectivity index (χ3v) is 5.88. The van der Waals surface area contributed by atoms with Gasteiger partial charge in [0.2, 0.25) is 0 Å². The number of nitrogens with two attached hydrogens (primary N) is 1. The molecule has 31 heavy (non-hydrogen) atoms. The molecule has 8 heteroatoms. The van der Waals surface area contributed by atoms with Gasteiger partial charge in [0, 0.05) is 44.9 Å². The lowest BCUT2D eigenvalue weighted by atomic mass is 9.77. The van der Waals surface area contributed by atoms with Gasteiger partial charge in [-0.15, -0.1) is 0 Å². The smallest absolute Gasteiger partial charge is 0.407 e. The van der Waals surface area contributed by atoms with Crippen LogP contribution in [0.1, 0.15) is 50.7 Å². The molecule has 1 saturated heterocycles. The fraction of sp³-hybridized carbons (Fsp3) is 0.391. The van der Waals surface area contributed by atoms with E-state index in [1.54, 1.807) is 31.1 Å². The maximum atomic E-state index is 12.3. The van der Waals surface area contributed by atoms with Crippen LogP contribution in [-0.2, 0) is 6.42 Å². The van der Waals surface area contributed by atoms with E-state index in [9.17, 15) is 19.5 Å². The second kappa shape index (κ2) is 9.59. The molecular formula is C23H28N4O4. The number of benzene rings is 1. The van der Waals surface area contributed by atoms with Crippen molar-refractivity contribution in [2.45, 2.75) is 25.2 Å². The lowest BCUT2D eigenvalue weighted by Crippen LogP contribution is -2.42. The van der Waals surface area contributed by atoms with Crippen LogP contribution in [0.15, 0.2) is 42.6 Å². The Bertz CT molecular complexity index is 976. The van der Waals surface area contributed by atoms with Gasteiger partial charge in [-0.05, 0) is 54.5 Å². The van der Waals surface area contributed by atoms with Crippen molar-refractivity contribution in [2.24, 2.45) is 11.7 Å². The number of aromatic nitrogens is 1. The summed E-state index contributed by atoms with van der Waals surface area (Å²) in [6.45, 7) is 0.743. The van der Waals surface area contributed by atoms with Crippen LogP contribution in [0.3, 0.4) is 0 Å². The summed E-state index contributed by atoms with van der Waals surface area (Å²) >= 11 is 0. The Morgan fingerprint density at radius 3 is 2.68 bits per heavy atom. The van der Waals surface area contributed by atoms with Crippen molar-refractivity contribution in [3.8, 4) is 0 Å². The van der Waals surface area contributed by atoms with Gasteiger partial charge in [-0.2, -0.15) is 0 Å². The number of carbonyl (C=O) groups is 3. The lowest BCUT2D eigenvalue weighted by Gasteiger charge is -2.38. The Hall–Kier alpha value is -3.42. The molecular weight excluding hydrogens is 396 g/mol. The minimum atomic E-state index is -0.970. The molecule has 2 atom stereocenters. The Balaban J connectivity index is 1.82. The van der Waals surface area contributed by atoms with Crippen LogP contribution < -0.4 is 5.73 Å². The topological polar surface area (TPSA) is 117 Å². The van der Waals surface area contributed by atoms with Crippen molar-refractivity contribution < 1.29 is 19.5 Å². The monoisotopic (exact) mass is 424 g/mol. The highest BCUT2D eigenvalue weighted by Gasteiger charge is 2.34. The zero-order valence-electron chi connectivity index (χ0n) is 17.8. The summed E-state index contributed by atoms with van der Waals surface area (Å²) in [5, 5.41) is 9.49. The Morgan fingerprint density at radius 1 is 1.23 bits per heavy atom. The van der Waals surface area contributed by atoms with Gasteiger partial charge >= 0.3 is 6.09 Å². The van der Waals surface area contributed by atoms with Crippen LogP contribution in [0.4, 0.5) is 4.79 Å². The first-order valence-electron chi connectivity index (χ1n) is 10.3. The van der Waals surface area contributed by atoms with E-state index in [1.165, 1.54) is 11.1 Å². The van der Waals surface area contributed by atoms with Crippen LogP contribution >= 0.6 is 0 Å². The summed E-state index contributed by atoms with van der Waals surface area (Å²) in [6, 6.07) is 11.1. The van der Waals surface area contributed by atoms with E-state index >= 15 is 0 Å². The molecule has 3 amide bonds. The molecule has 0 spiro atoms. The largest absolute Gasteiger partial charge is 0.465 e. The SMILES string of the molecule is CN(C)C(=O)c1cccc(CCC2CCN(C(=O)O)CC2c2cccnc2C(N)=O)c1. The standard InChI is InChI=1S/C23H28N4O4/c1-26(2)22(29)17-6-3-5-15(13-17)8-9-16-10-12-27(23(30)31)14-19(16)18-7-4-11-25-20(18)21(24)28/h3-7,11,13,16,19H,8-10,12,14H2,1-2H3,(H2,24,28)(H,30,31). The molecule has 1 aromatic heterocycles. The molecule has 2 heterocycles. The van der Waals surface area contributed by atoms with Gasteiger partial charge in [0.1, 0.15) is 5.69 Å². The molecule has 0 aliphatic carbocycles. The quantitative estimate of drug-likeness (QED) is 0.739.